The Balaban J connectivity index is 1.55. The summed E-state index contributed by atoms with van der Waals surface area (Å²) in [6, 6.07) is 19.4. The van der Waals surface area contributed by atoms with Crippen LogP contribution in [0.2, 0.25) is 5.02 Å². The lowest BCUT2D eigenvalue weighted by Crippen LogP contribution is -2.30. The van der Waals surface area contributed by atoms with Crippen LogP contribution in [0.3, 0.4) is 0 Å². The smallest absolute Gasteiger partial charge is 0.272 e. The van der Waals surface area contributed by atoms with Crippen molar-refractivity contribution < 1.29 is 18.0 Å². The van der Waals surface area contributed by atoms with Crippen molar-refractivity contribution in [1.29, 1.82) is 0 Å². The van der Waals surface area contributed by atoms with Crippen molar-refractivity contribution in [2.45, 2.75) is 11.8 Å². The van der Waals surface area contributed by atoms with Gasteiger partial charge < -0.3 is 10.6 Å². The minimum atomic E-state index is -3.84. The largest absolute Gasteiger partial charge is 0.321 e. The number of aromatic nitrogens is 1. The summed E-state index contributed by atoms with van der Waals surface area (Å²) in [6.45, 7) is 1.91. The molecule has 11 heteroatoms. The maximum Gasteiger partial charge on any atom is 0.272 e. The average molecular weight is 553 g/mol. The highest BCUT2D eigenvalue weighted by Gasteiger charge is 2.18. The molecule has 0 saturated carbocycles. The molecule has 0 fully saturated rings. The fraction of sp³-hybridized carbons (Fsp3) is 0.0385. The first-order valence-electron chi connectivity index (χ1n) is 10.9. The lowest BCUT2D eigenvalue weighted by molar-refractivity contribution is -0.113. The van der Waals surface area contributed by atoms with E-state index in [9.17, 15) is 18.0 Å². The van der Waals surface area contributed by atoms with E-state index in [1.54, 1.807) is 53.9 Å². The minimum Gasteiger partial charge on any atom is -0.321 e. The summed E-state index contributed by atoms with van der Waals surface area (Å²) in [5.74, 6) is -1.08. The monoisotopic (exact) mass is 552 g/mol. The highest BCUT2D eigenvalue weighted by molar-refractivity contribution is 7.93. The SMILES string of the molecule is Cc1ccc(C(=O)NC(=Cc2ccccc2Cl)C(=O)Nc2ccc(S(=O)(=O)Nc3nccs3)cc2)cc1. The summed E-state index contributed by atoms with van der Waals surface area (Å²) in [5, 5.41) is 7.63. The fourth-order valence-electron chi connectivity index (χ4n) is 3.17. The van der Waals surface area contributed by atoms with Gasteiger partial charge in [-0.15, -0.1) is 11.3 Å². The Bertz CT molecular complexity index is 1550. The van der Waals surface area contributed by atoms with E-state index in [2.05, 4.69) is 20.3 Å². The molecule has 8 nitrogen and oxygen atoms in total. The molecule has 0 spiro atoms. The molecule has 0 aliphatic rings. The first kappa shape index (κ1) is 26.1. The number of hydrogen-bond donors (Lipinski definition) is 3. The zero-order valence-corrected chi connectivity index (χ0v) is 21.8. The molecule has 0 radical (unpaired) electrons. The Morgan fingerprint density at radius 1 is 0.973 bits per heavy atom. The second-order valence-corrected chi connectivity index (χ2v) is 10.8. The predicted molar refractivity (Wildman–Crippen MR) is 146 cm³/mol. The average Bonchev–Trinajstić information content (AvgIpc) is 3.38. The number of halogens is 1. The van der Waals surface area contributed by atoms with Crippen LogP contribution in [-0.2, 0) is 14.8 Å². The molecule has 4 aromatic rings. The number of thiazole rings is 1. The molecular formula is C26H21ClN4O4S2. The van der Waals surface area contributed by atoms with E-state index < -0.39 is 21.8 Å². The Morgan fingerprint density at radius 3 is 2.32 bits per heavy atom. The molecular weight excluding hydrogens is 532 g/mol. The van der Waals surface area contributed by atoms with Crippen molar-refractivity contribution >= 4 is 61.7 Å². The number of carbonyl (C=O) groups is 2. The molecule has 0 bridgehead atoms. The van der Waals surface area contributed by atoms with Crippen LogP contribution in [0.15, 0.2) is 95.0 Å². The molecule has 188 valence electrons. The van der Waals surface area contributed by atoms with Crippen molar-refractivity contribution in [2.24, 2.45) is 0 Å². The van der Waals surface area contributed by atoms with Crippen LogP contribution >= 0.6 is 22.9 Å². The number of hydrogen-bond acceptors (Lipinski definition) is 6. The first-order chi connectivity index (χ1) is 17.7. The maximum atomic E-state index is 13.2. The number of nitrogens with one attached hydrogen (secondary N) is 3. The molecule has 1 heterocycles. The van der Waals surface area contributed by atoms with E-state index in [0.29, 0.717) is 21.8 Å². The Morgan fingerprint density at radius 2 is 1.68 bits per heavy atom. The van der Waals surface area contributed by atoms with Crippen LogP contribution in [0.5, 0.6) is 0 Å². The van der Waals surface area contributed by atoms with Gasteiger partial charge in [-0.1, -0.05) is 47.5 Å². The molecule has 3 N–H and O–H groups in total. The van der Waals surface area contributed by atoms with E-state index in [1.165, 1.54) is 36.5 Å². The summed E-state index contributed by atoms with van der Waals surface area (Å²) in [7, 11) is -3.84. The number of benzene rings is 3. The van der Waals surface area contributed by atoms with Gasteiger partial charge in [-0.3, -0.25) is 14.3 Å². The van der Waals surface area contributed by atoms with Crippen LogP contribution in [0, 0.1) is 6.92 Å². The van der Waals surface area contributed by atoms with Gasteiger partial charge in [0.25, 0.3) is 21.8 Å². The van der Waals surface area contributed by atoms with Crippen molar-refractivity contribution in [2.75, 3.05) is 10.0 Å². The predicted octanol–water partition coefficient (Wildman–Crippen LogP) is 5.32. The first-order valence-corrected chi connectivity index (χ1v) is 13.6. The topological polar surface area (TPSA) is 117 Å². The third kappa shape index (κ3) is 6.82. The molecule has 0 atom stereocenters. The van der Waals surface area contributed by atoms with Gasteiger partial charge in [0.2, 0.25) is 0 Å². The fourth-order valence-corrected chi connectivity index (χ4v) is 5.15. The van der Waals surface area contributed by atoms with Crippen LogP contribution < -0.4 is 15.4 Å². The molecule has 0 unspecified atom stereocenters. The number of carbonyl (C=O) groups excluding carboxylic acids is 2. The Hall–Kier alpha value is -3.99. The van der Waals surface area contributed by atoms with Crippen LogP contribution in [-0.4, -0.2) is 25.2 Å². The summed E-state index contributed by atoms with van der Waals surface area (Å²) in [6.07, 6.45) is 2.97. The van der Waals surface area contributed by atoms with Crippen LogP contribution in [0.1, 0.15) is 21.5 Å². The number of amides is 2. The highest BCUT2D eigenvalue weighted by Crippen LogP contribution is 2.21. The summed E-state index contributed by atoms with van der Waals surface area (Å²) >= 11 is 7.42. The lowest BCUT2D eigenvalue weighted by Gasteiger charge is -2.12. The highest BCUT2D eigenvalue weighted by atomic mass is 35.5. The van der Waals surface area contributed by atoms with Crippen LogP contribution in [0.4, 0.5) is 10.8 Å². The number of rotatable bonds is 8. The van der Waals surface area contributed by atoms with Gasteiger partial charge in [-0.05, 0) is 61.0 Å². The molecule has 2 amide bonds. The zero-order chi connectivity index (χ0) is 26.4. The normalized spacial score (nSPS) is 11.6. The van der Waals surface area contributed by atoms with Gasteiger partial charge in [0.05, 0.1) is 4.90 Å². The number of anilines is 2. The standard InChI is InChI=1S/C26H21ClN4O4S2/c1-17-6-8-18(9-7-17)24(32)30-23(16-19-4-2-3-5-22(19)27)25(33)29-20-10-12-21(13-11-20)37(34,35)31-26-28-14-15-36-26/h2-16H,1H3,(H,28,31)(H,29,33)(H,30,32). The van der Waals surface area contributed by atoms with E-state index >= 15 is 0 Å². The third-order valence-corrected chi connectivity index (χ3v) is 7.60. The van der Waals surface area contributed by atoms with Gasteiger partial charge in [-0.25, -0.2) is 13.4 Å². The van der Waals surface area contributed by atoms with Gasteiger partial charge in [0, 0.05) is 27.9 Å². The number of aryl methyl sites for hydroxylation is 1. The van der Waals surface area contributed by atoms with Crippen molar-refractivity contribution in [3.8, 4) is 0 Å². The Labute approximate surface area is 223 Å². The molecule has 37 heavy (non-hydrogen) atoms. The van der Waals surface area contributed by atoms with Gasteiger partial charge in [0.15, 0.2) is 5.13 Å². The van der Waals surface area contributed by atoms with Crippen molar-refractivity contribution in [3.05, 3.63) is 112 Å². The summed E-state index contributed by atoms with van der Waals surface area (Å²) in [5.41, 5.74) is 2.20. The third-order valence-electron chi connectivity index (χ3n) is 5.09. The maximum absolute atomic E-state index is 13.2. The number of nitrogens with zero attached hydrogens (tertiary/aromatic N) is 1. The van der Waals surface area contributed by atoms with E-state index in [-0.39, 0.29) is 15.7 Å². The van der Waals surface area contributed by atoms with Gasteiger partial charge >= 0.3 is 0 Å². The van der Waals surface area contributed by atoms with Crippen molar-refractivity contribution in [1.82, 2.24) is 10.3 Å². The van der Waals surface area contributed by atoms with E-state index in [1.807, 2.05) is 6.92 Å². The quantitative estimate of drug-likeness (QED) is 0.256. The second kappa shape index (κ2) is 11.4. The molecule has 3 aromatic carbocycles. The Kier molecular flexibility index (Phi) is 8.02. The summed E-state index contributed by atoms with van der Waals surface area (Å²) in [4.78, 5) is 29.9. The number of sulfonamides is 1. The van der Waals surface area contributed by atoms with Crippen molar-refractivity contribution in [3.63, 3.8) is 0 Å². The second-order valence-electron chi connectivity index (χ2n) is 7.82. The summed E-state index contributed by atoms with van der Waals surface area (Å²) < 4.78 is 27.5. The van der Waals surface area contributed by atoms with Crippen LogP contribution in [0.25, 0.3) is 6.08 Å². The van der Waals surface area contributed by atoms with E-state index in [4.69, 9.17) is 11.6 Å². The minimum absolute atomic E-state index is 0.000190. The molecule has 1 aromatic heterocycles. The molecule has 4 rings (SSSR count). The molecule has 0 aliphatic carbocycles. The zero-order valence-electron chi connectivity index (χ0n) is 19.4. The molecule has 0 aliphatic heterocycles. The molecule has 0 saturated heterocycles. The van der Waals surface area contributed by atoms with Gasteiger partial charge in [-0.2, -0.15) is 0 Å². The van der Waals surface area contributed by atoms with E-state index in [0.717, 1.165) is 16.9 Å². The van der Waals surface area contributed by atoms with Gasteiger partial charge in [0.1, 0.15) is 5.70 Å². The lowest BCUT2D eigenvalue weighted by atomic mass is 10.1.